The molecule has 2 aliphatic heterocycles. The molecule has 0 bridgehead atoms. The van der Waals surface area contributed by atoms with Crippen LogP contribution < -0.4 is 9.47 Å². The van der Waals surface area contributed by atoms with Gasteiger partial charge < -0.3 is 19.2 Å². The number of halogens is 1. The summed E-state index contributed by atoms with van der Waals surface area (Å²) in [7, 11) is 0. The first-order valence-electron chi connectivity index (χ1n) is 10.1. The monoisotopic (exact) mass is 428 g/mol. The number of amides is 1. The highest BCUT2D eigenvalue weighted by Crippen LogP contribution is 2.33. The van der Waals surface area contributed by atoms with E-state index in [0.717, 1.165) is 22.6 Å². The molecule has 2 aliphatic rings. The third-order valence-corrected chi connectivity index (χ3v) is 5.49. The molecule has 1 amide bonds. The van der Waals surface area contributed by atoms with Gasteiger partial charge in [0.2, 0.25) is 12.7 Å². The number of hydrogen-bond acceptors (Lipinski definition) is 5. The van der Waals surface area contributed by atoms with Crippen LogP contribution >= 0.6 is 11.6 Å². The Morgan fingerprint density at radius 2 is 2.00 bits per heavy atom. The molecule has 0 saturated heterocycles. The summed E-state index contributed by atoms with van der Waals surface area (Å²) in [6, 6.07) is 13.3. The van der Waals surface area contributed by atoms with E-state index in [1.807, 2.05) is 61.2 Å². The van der Waals surface area contributed by atoms with Crippen molar-refractivity contribution in [3.8, 4) is 11.5 Å². The third-order valence-electron chi connectivity index (χ3n) is 5.12. The maximum absolute atomic E-state index is 12.9. The zero-order chi connectivity index (χ0) is 21.1. The average molecular weight is 429 g/mol. The van der Waals surface area contributed by atoms with Gasteiger partial charge in [0.05, 0.1) is 12.3 Å². The number of benzene rings is 2. The van der Waals surface area contributed by atoms with Crippen LogP contribution in [0.5, 0.6) is 11.5 Å². The van der Waals surface area contributed by atoms with E-state index in [4.69, 9.17) is 25.9 Å². The molecule has 0 aromatic heterocycles. The summed E-state index contributed by atoms with van der Waals surface area (Å²) in [5.41, 5.74) is 2.70. The minimum absolute atomic E-state index is 0.0880. The van der Waals surface area contributed by atoms with Crippen molar-refractivity contribution in [1.29, 1.82) is 0 Å². The van der Waals surface area contributed by atoms with Crippen molar-refractivity contribution >= 4 is 23.2 Å². The van der Waals surface area contributed by atoms with E-state index < -0.39 is 0 Å². The smallest absolute Gasteiger partial charge is 0.231 e. The number of carbonyl (C=O) groups excluding carboxylic acids is 1. The average Bonchev–Trinajstić information content (AvgIpc) is 3.37. The fraction of sp³-hybridized carbons (Fsp3) is 0.391. The quantitative estimate of drug-likeness (QED) is 0.644. The Balaban J connectivity index is 1.44. The lowest BCUT2D eigenvalue weighted by Crippen LogP contribution is -2.37. The van der Waals surface area contributed by atoms with E-state index in [0.29, 0.717) is 36.7 Å². The van der Waals surface area contributed by atoms with Crippen LogP contribution in [0.15, 0.2) is 47.6 Å². The highest BCUT2D eigenvalue weighted by Gasteiger charge is 2.28. The minimum Gasteiger partial charge on any atom is -0.454 e. The molecule has 2 aromatic rings. The van der Waals surface area contributed by atoms with Crippen LogP contribution in [-0.4, -0.2) is 36.0 Å². The molecule has 1 atom stereocenters. The predicted molar refractivity (Wildman–Crippen MR) is 115 cm³/mol. The summed E-state index contributed by atoms with van der Waals surface area (Å²) >= 11 is 6.33. The number of carbonyl (C=O) groups is 1. The van der Waals surface area contributed by atoms with Crippen molar-refractivity contribution in [2.75, 3.05) is 13.3 Å². The first kappa shape index (κ1) is 20.5. The second-order valence-electron chi connectivity index (χ2n) is 8.00. The molecular formula is C23H25ClN2O4. The topological polar surface area (TPSA) is 60.4 Å². The van der Waals surface area contributed by atoms with E-state index in [2.05, 4.69) is 5.16 Å². The van der Waals surface area contributed by atoms with Crippen molar-refractivity contribution in [2.24, 2.45) is 11.1 Å². The molecule has 4 rings (SSSR count). The number of nitrogens with zero attached hydrogens (tertiary/aromatic N) is 2. The Labute approximate surface area is 181 Å². The molecule has 7 heteroatoms. The Bertz CT molecular complexity index is 960. The summed E-state index contributed by atoms with van der Waals surface area (Å²) in [6.45, 7) is 5.22. The molecule has 30 heavy (non-hydrogen) atoms. The van der Waals surface area contributed by atoms with E-state index in [-0.39, 0.29) is 24.7 Å². The fourth-order valence-electron chi connectivity index (χ4n) is 3.58. The van der Waals surface area contributed by atoms with Crippen LogP contribution in [0.1, 0.15) is 37.8 Å². The second-order valence-corrected chi connectivity index (χ2v) is 8.41. The Hall–Kier alpha value is -2.73. The molecule has 0 N–H and O–H groups in total. The van der Waals surface area contributed by atoms with E-state index >= 15 is 0 Å². The van der Waals surface area contributed by atoms with Gasteiger partial charge in [-0.3, -0.25) is 4.79 Å². The third kappa shape index (κ3) is 4.70. The van der Waals surface area contributed by atoms with Crippen molar-refractivity contribution in [2.45, 2.75) is 39.3 Å². The Morgan fingerprint density at radius 1 is 1.20 bits per heavy atom. The van der Waals surface area contributed by atoms with E-state index in [1.165, 1.54) is 0 Å². The van der Waals surface area contributed by atoms with Gasteiger partial charge in [-0.25, -0.2) is 0 Å². The number of fused-ring (bicyclic) bond motifs is 1. The maximum Gasteiger partial charge on any atom is 0.231 e. The zero-order valence-electron chi connectivity index (χ0n) is 17.1. The molecule has 158 valence electrons. The molecule has 0 spiro atoms. The van der Waals surface area contributed by atoms with Crippen LogP contribution in [0.4, 0.5) is 0 Å². The van der Waals surface area contributed by atoms with Crippen molar-refractivity contribution < 1.29 is 19.1 Å². The summed E-state index contributed by atoms with van der Waals surface area (Å²) < 4.78 is 10.8. The van der Waals surface area contributed by atoms with Crippen molar-refractivity contribution in [3.05, 3.63) is 58.6 Å². The van der Waals surface area contributed by atoms with Gasteiger partial charge in [-0.1, -0.05) is 48.8 Å². The number of rotatable bonds is 7. The van der Waals surface area contributed by atoms with Crippen LogP contribution in [0.25, 0.3) is 0 Å². The lowest BCUT2D eigenvalue weighted by Gasteiger charge is -2.26. The molecule has 2 aromatic carbocycles. The summed E-state index contributed by atoms with van der Waals surface area (Å²) in [4.78, 5) is 20.4. The van der Waals surface area contributed by atoms with Crippen LogP contribution in [-0.2, 0) is 16.2 Å². The molecule has 2 heterocycles. The largest absolute Gasteiger partial charge is 0.454 e. The van der Waals surface area contributed by atoms with E-state index in [9.17, 15) is 4.79 Å². The Kier molecular flexibility index (Phi) is 6.13. The molecule has 0 fully saturated rings. The van der Waals surface area contributed by atoms with Gasteiger partial charge in [-0.05, 0) is 35.7 Å². The van der Waals surface area contributed by atoms with Gasteiger partial charge in [0.15, 0.2) is 17.6 Å². The summed E-state index contributed by atoms with van der Waals surface area (Å²) in [5, 5.41) is 4.92. The predicted octanol–water partition coefficient (Wildman–Crippen LogP) is 4.64. The normalized spacial score (nSPS) is 17.1. The number of oxime groups is 1. The lowest BCUT2D eigenvalue weighted by atomic mass is 10.0. The molecule has 0 radical (unpaired) electrons. The molecule has 0 aliphatic carbocycles. The second kappa shape index (κ2) is 8.96. The zero-order valence-corrected chi connectivity index (χ0v) is 17.9. The molecule has 6 nitrogen and oxygen atoms in total. The minimum atomic E-state index is -0.205. The Morgan fingerprint density at radius 3 is 2.80 bits per heavy atom. The van der Waals surface area contributed by atoms with Crippen LogP contribution in [0, 0.1) is 5.92 Å². The SMILES string of the molecule is CC(C)CC(=O)N(Cc1ccccc1Cl)CC1CC(c2ccc3c(c2)OCO3)=NO1. The highest BCUT2D eigenvalue weighted by atomic mass is 35.5. The van der Waals surface area contributed by atoms with Gasteiger partial charge in [0.25, 0.3) is 0 Å². The van der Waals surface area contributed by atoms with Gasteiger partial charge in [0.1, 0.15) is 0 Å². The van der Waals surface area contributed by atoms with Gasteiger partial charge in [-0.15, -0.1) is 0 Å². The maximum atomic E-state index is 12.9. The van der Waals surface area contributed by atoms with Gasteiger partial charge in [-0.2, -0.15) is 0 Å². The summed E-state index contributed by atoms with van der Waals surface area (Å²) in [6.07, 6.45) is 0.893. The number of ether oxygens (including phenoxy) is 2. The van der Waals surface area contributed by atoms with Gasteiger partial charge >= 0.3 is 0 Å². The van der Waals surface area contributed by atoms with Crippen molar-refractivity contribution in [1.82, 2.24) is 4.90 Å². The van der Waals surface area contributed by atoms with Crippen LogP contribution in [0.3, 0.4) is 0 Å². The van der Waals surface area contributed by atoms with Crippen molar-refractivity contribution in [3.63, 3.8) is 0 Å². The standard InChI is InChI=1S/C23H25ClN2O4/c1-15(2)9-23(27)26(12-17-5-3-4-6-19(17)24)13-18-11-20(25-30-18)16-7-8-21-22(10-16)29-14-28-21/h3-8,10,15,18H,9,11-14H2,1-2H3. The number of hydrogen-bond donors (Lipinski definition) is 0. The first-order valence-corrected chi connectivity index (χ1v) is 10.5. The summed E-state index contributed by atoms with van der Waals surface area (Å²) in [5.74, 6) is 1.81. The molecular weight excluding hydrogens is 404 g/mol. The molecule has 0 saturated carbocycles. The fourth-order valence-corrected chi connectivity index (χ4v) is 3.78. The van der Waals surface area contributed by atoms with Gasteiger partial charge in [0, 0.05) is 30.0 Å². The van der Waals surface area contributed by atoms with E-state index in [1.54, 1.807) is 0 Å². The first-order chi connectivity index (χ1) is 14.5. The lowest BCUT2D eigenvalue weighted by molar-refractivity contribution is -0.134. The highest BCUT2D eigenvalue weighted by molar-refractivity contribution is 6.31. The van der Waals surface area contributed by atoms with Crippen LogP contribution in [0.2, 0.25) is 5.02 Å². The molecule has 1 unspecified atom stereocenters.